The molecule has 0 aromatic carbocycles. The number of nitrogen functional groups attached to an aromatic ring is 1. The van der Waals surface area contributed by atoms with Gasteiger partial charge in [0.2, 0.25) is 0 Å². The van der Waals surface area contributed by atoms with E-state index in [1.54, 1.807) is 6.33 Å². The van der Waals surface area contributed by atoms with Crippen molar-refractivity contribution in [3.05, 3.63) is 30.1 Å². The summed E-state index contributed by atoms with van der Waals surface area (Å²) in [6.07, 6.45) is 12.9. The van der Waals surface area contributed by atoms with Crippen LogP contribution in [0.25, 0.3) is 0 Å². The van der Waals surface area contributed by atoms with Crippen molar-refractivity contribution in [3.8, 4) is 0 Å². The first-order valence-electron chi connectivity index (χ1n) is 12.0. The van der Waals surface area contributed by atoms with Gasteiger partial charge in [0.15, 0.2) is 11.6 Å². The van der Waals surface area contributed by atoms with Crippen LogP contribution in [0.3, 0.4) is 0 Å². The SMILES string of the molecule is C=C1CC[C@@H]2C(C)(C)CCC[C@@]2(C)[C@@H]1CC/C(C)=C/CN1CN(C)c2ncnc(N)c21. The molecule has 5 nitrogen and oxygen atoms in total. The Morgan fingerprint density at radius 3 is 2.84 bits per heavy atom. The van der Waals surface area contributed by atoms with Gasteiger partial charge in [-0.3, -0.25) is 0 Å². The van der Waals surface area contributed by atoms with Crippen LogP contribution >= 0.6 is 0 Å². The van der Waals surface area contributed by atoms with Crippen LogP contribution in [0.5, 0.6) is 0 Å². The maximum atomic E-state index is 6.15. The van der Waals surface area contributed by atoms with E-state index in [4.69, 9.17) is 5.73 Å². The first-order valence-corrected chi connectivity index (χ1v) is 12.0. The fourth-order valence-electron chi connectivity index (χ4n) is 7.06. The number of aromatic nitrogens is 2. The molecule has 1 aliphatic heterocycles. The van der Waals surface area contributed by atoms with Gasteiger partial charge in [-0.25, -0.2) is 9.97 Å². The van der Waals surface area contributed by atoms with Crippen molar-refractivity contribution in [2.24, 2.45) is 22.7 Å². The standard InChI is InChI=1S/C26H41N5/c1-18(12-15-31-17-30(6)24-22(31)23(27)28-16-29-24)8-10-20-19(2)9-11-21-25(3,4)13-7-14-26(20,21)5/h12,16,20-21H,2,7-11,13-15,17H2,1,3-6H3,(H2,27,28,29)/b18-12+/t20-,21-,26+/m1/s1. The highest BCUT2D eigenvalue weighted by Gasteiger charge is 2.52. The number of nitrogens with two attached hydrogens (primary N) is 1. The van der Waals surface area contributed by atoms with Crippen molar-refractivity contribution < 1.29 is 0 Å². The second-order valence-corrected chi connectivity index (χ2v) is 11.2. The molecule has 2 aliphatic carbocycles. The molecule has 5 heteroatoms. The second kappa shape index (κ2) is 8.14. The van der Waals surface area contributed by atoms with E-state index in [1.807, 2.05) is 0 Å². The van der Waals surface area contributed by atoms with Gasteiger partial charge >= 0.3 is 0 Å². The minimum absolute atomic E-state index is 0.416. The van der Waals surface area contributed by atoms with Crippen molar-refractivity contribution in [2.75, 3.05) is 35.8 Å². The molecule has 0 radical (unpaired) electrons. The third kappa shape index (κ3) is 3.96. The number of fused-ring (bicyclic) bond motifs is 2. The largest absolute Gasteiger partial charge is 0.382 e. The highest BCUT2D eigenvalue weighted by atomic mass is 15.4. The van der Waals surface area contributed by atoms with Crippen molar-refractivity contribution in [2.45, 2.75) is 72.6 Å². The van der Waals surface area contributed by atoms with E-state index < -0.39 is 0 Å². The zero-order chi connectivity index (χ0) is 22.4. The van der Waals surface area contributed by atoms with Crippen LogP contribution in [0.15, 0.2) is 30.1 Å². The van der Waals surface area contributed by atoms with Crippen molar-refractivity contribution >= 4 is 17.3 Å². The van der Waals surface area contributed by atoms with Crippen molar-refractivity contribution in [3.63, 3.8) is 0 Å². The Kier molecular flexibility index (Phi) is 5.82. The van der Waals surface area contributed by atoms with E-state index >= 15 is 0 Å². The molecule has 2 fully saturated rings. The summed E-state index contributed by atoms with van der Waals surface area (Å²) in [6.45, 7) is 16.1. The predicted molar refractivity (Wildman–Crippen MR) is 131 cm³/mol. The van der Waals surface area contributed by atoms with Gasteiger partial charge in [0, 0.05) is 13.6 Å². The number of hydrogen-bond acceptors (Lipinski definition) is 5. The van der Waals surface area contributed by atoms with Gasteiger partial charge in [0.1, 0.15) is 12.0 Å². The Bertz CT molecular complexity index is 873. The zero-order valence-electron chi connectivity index (χ0n) is 20.2. The summed E-state index contributed by atoms with van der Waals surface area (Å²) in [5.74, 6) is 2.97. The minimum Gasteiger partial charge on any atom is -0.382 e. The third-order valence-electron chi connectivity index (χ3n) is 8.70. The highest BCUT2D eigenvalue weighted by Crippen LogP contribution is 2.61. The number of hydrogen-bond donors (Lipinski definition) is 1. The molecule has 2 heterocycles. The van der Waals surface area contributed by atoms with Crippen molar-refractivity contribution in [1.82, 2.24) is 9.97 Å². The monoisotopic (exact) mass is 423 g/mol. The van der Waals surface area contributed by atoms with Crippen LogP contribution < -0.4 is 15.5 Å². The summed E-state index contributed by atoms with van der Waals surface area (Å²) < 4.78 is 0. The van der Waals surface area contributed by atoms with Gasteiger partial charge in [-0.05, 0) is 68.1 Å². The molecule has 4 rings (SSSR count). The minimum atomic E-state index is 0.416. The average molecular weight is 424 g/mol. The molecule has 3 aliphatic rings. The zero-order valence-corrected chi connectivity index (χ0v) is 20.2. The molecule has 0 spiro atoms. The molecule has 0 unspecified atom stereocenters. The Labute approximate surface area is 188 Å². The van der Waals surface area contributed by atoms with Gasteiger partial charge in [0.05, 0.1) is 6.67 Å². The molecule has 1 aromatic rings. The summed E-state index contributed by atoms with van der Waals surface area (Å²) in [5.41, 5.74) is 11.0. The van der Waals surface area contributed by atoms with Gasteiger partial charge < -0.3 is 15.5 Å². The summed E-state index contributed by atoms with van der Waals surface area (Å²) >= 11 is 0. The Morgan fingerprint density at radius 2 is 2.06 bits per heavy atom. The Morgan fingerprint density at radius 1 is 1.29 bits per heavy atom. The van der Waals surface area contributed by atoms with E-state index in [2.05, 4.69) is 67.2 Å². The fourth-order valence-corrected chi connectivity index (χ4v) is 7.06. The van der Waals surface area contributed by atoms with Crippen LogP contribution in [-0.4, -0.2) is 30.2 Å². The van der Waals surface area contributed by atoms with Crippen molar-refractivity contribution in [1.29, 1.82) is 0 Å². The van der Waals surface area contributed by atoms with Gasteiger partial charge in [-0.15, -0.1) is 0 Å². The highest BCUT2D eigenvalue weighted by molar-refractivity contribution is 5.81. The molecule has 2 N–H and O–H groups in total. The molecular weight excluding hydrogens is 382 g/mol. The maximum absolute atomic E-state index is 6.15. The summed E-state index contributed by atoms with van der Waals surface area (Å²) in [4.78, 5) is 13.0. The molecule has 3 atom stereocenters. The normalized spacial score (nSPS) is 30.4. The van der Waals surface area contributed by atoms with E-state index in [0.717, 1.165) is 37.1 Å². The summed E-state index contributed by atoms with van der Waals surface area (Å²) in [5, 5.41) is 0. The first-order chi connectivity index (χ1) is 14.6. The third-order valence-corrected chi connectivity index (χ3v) is 8.70. The van der Waals surface area contributed by atoms with E-state index in [9.17, 15) is 0 Å². The quantitative estimate of drug-likeness (QED) is 0.607. The van der Waals surface area contributed by atoms with Crippen LogP contribution in [0.1, 0.15) is 72.6 Å². The second-order valence-electron chi connectivity index (χ2n) is 11.2. The molecular formula is C26H41N5. The smallest absolute Gasteiger partial charge is 0.159 e. The van der Waals surface area contributed by atoms with Gasteiger partial charge in [-0.1, -0.05) is 51.0 Å². The average Bonchev–Trinajstić information content (AvgIpc) is 3.02. The lowest BCUT2D eigenvalue weighted by atomic mass is 9.47. The molecule has 1 aromatic heterocycles. The maximum Gasteiger partial charge on any atom is 0.159 e. The number of nitrogens with zero attached hydrogens (tertiary/aromatic N) is 4. The number of anilines is 3. The molecule has 2 saturated carbocycles. The summed E-state index contributed by atoms with van der Waals surface area (Å²) in [6, 6.07) is 0. The first kappa shape index (κ1) is 22.2. The number of allylic oxidation sites excluding steroid dienone is 2. The van der Waals surface area contributed by atoms with Crippen LogP contribution in [-0.2, 0) is 0 Å². The topological polar surface area (TPSA) is 58.3 Å². The lowest BCUT2D eigenvalue weighted by Crippen LogP contribution is -2.49. The Balaban J connectivity index is 1.42. The molecule has 0 saturated heterocycles. The molecule has 170 valence electrons. The van der Waals surface area contributed by atoms with E-state index in [-0.39, 0.29) is 0 Å². The summed E-state index contributed by atoms with van der Waals surface area (Å²) in [7, 11) is 2.05. The van der Waals surface area contributed by atoms with Gasteiger partial charge in [0.25, 0.3) is 0 Å². The predicted octanol–water partition coefficient (Wildman–Crippen LogP) is 5.80. The van der Waals surface area contributed by atoms with Crippen LogP contribution in [0.2, 0.25) is 0 Å². The van der Waals surface area contributed by atoms with E-state index in [0.29, 0.717) is 22.6 Å². The van der Waals surface area contributed by atoms with Crippen LogP contribution in [0.4, 0.5) is 17.3 Å². The van der Waals surface area contributed by atoms with Crippen LogP contribution in [0, 0.1) is 22.7 Å². The number of rotatable bonds is 5. The molecule has 31 heavy (non-hydrogen) atoms. The Hall–Kier alpha value is -2.04. The molecule has 0 amide bonds. The fraction of sp³-hybridized carbons (Fsp3) is 0.692. The van der Waals surface area contributed by atoms with Gasteiger partial charge in [-0.2, -0.15) is 0 Å². The lowest BCUT2D eigenvalue weighted by Gasteiger charge is -2.58. The lowest BCUT2D eigenvalue weighted by molar-refractivity contribution is -0.0539. The molecule has 0 bridgehead atoms. The van der Waals surface area contributed by atoms with E-state index in [1.165, 1.54) is 49.7 Å².